The van der Waals surface area contributed by atoms with Crippen molar-refractivity contribution in [1.29, 1.82) is 0 Å². The highest BCUT2D eigenvalue weighted by atomic mass is 19.4. The number of hydrogen-bond donors (Lipinski definition) is 1. The van der Waals surface area contributed by atoms with Crippen molar-refractivity contribution in [3.8, 4) is 5.75 Å². The largest absolute Gasteiger partial charge is 0.515 e. The topological polar surface area (TPSA) is 108 Å². The molecule has 1 N–H and O–H groups in total. The van der Waals surface area contributed by atoms with Gasteiger partial charge in [0.25, 0.3) is 5.69 Å². The van der Waals surface area contributed by atoms with Crippen molar-refractivity contribution in [3.63, 3.8) is 0 Å². The molecule has 0 aromatic heterocycles. The van der Waals surface area contributed by atoms with Crippen LogP contribution in [0.1, 0.15) is 13.3 Å². The molecule has 1 atom stereocenters. The maximum atomic E-state index is 12.1. The summed E-state index contributed by atoms with van der Waals surface area (Å²) in [5, 5.41) is 11.9. The average Bonchev–Trinajstić information content (AvgIpc) is 2.45. The molecule has 126 valence electrons. The second-order valence-corrected chi connectivity index (χ2v) is 4.09. The van der Waals surface area contributed by atoms with Crippen molar-refractivity contribution in [3.05, 3.63) is 34.4 Å². The number of hydrogen-bond acceptors (Lipinski definition) is 6. The number of alkyl halides is 3. The number of carbonyl (C=O) groups is 2. The second kappa shape index (κ2) is 7.42. The molecule has 0 fully saturated rings. The fourth-order valence-electron chi connectivity index (χ4n) is 1.32. The predicted octanol–water partition coefficient (Wildman–Crippen LogP) is 2.52. The molecule has 0 saturated carbocycles. The van der Waals surface area contributed by atoms with E-state index >= 15 is 0 Å². The van der Waals surface area contributed by atoms with Crippen LogP contribution in [0.25, 0.3) is 0 Å². The smallest absolute Gasteiger partial charge is 0.410 e. The third kappa shape index (κ3) is 5.80. The summed E-state index contributed by atoms with van der Waals surface area (Å²) >= 11 is 0. The van der Waals surface area contributed by atoms with Gasteiger partial charge in [0.1, 0.15) is 5.75 Å². The monoisotopic (exact) mass is 336 g/mol. The van der Waals surface area contributed by atoms with Crippen LogP contribution in [0.2, 0.25) is 0 Å². The van der Waals surface area contributed by atoms with Gasteiger partial charge >= 0.3 is 18.2 Å². The normalized spacial score (nSPS) is 12.2. The highest BCUT2D eigenvalue weighted by molar-refractivity contribution is 5.82. The van der Waals surface area contributed by atoms with E-state index in [0.717, 1.165) is 24.3 Å². The Labute approximate surface area is 127 Å². The van der Waals surface area contributed by atoms with E-state index in [9.17, 15) is 32.9 Å². The summed E-state index contributed by atoms with van der Waals surface area (Å²) in [4.78, 5) is 31.9. The average molecular weight is 336 g/mol. The van der Waals surface area contributed by atoms with E-state index in [1.165, 1.54) is 12.2 Å². The first kappa shape index (κ1) is 18.2. The number of nitrogens with zero attached hydrogens (tertiary/aromatic N) is 1. The van der Waals surface area contributed by atoms with E-state index in [2.05, 4.69) is 9.47 Å². The summed E-state index contributed by atoms with van der Waals surface area (Å²) in [5.41, 5.74) is -0.241. The Balaban J connectivity index is 2.60. The number of non-ortho nitro benzene ring substituents is 1. The van der Waals surface area contributed by atoms with Crippen LogP contribution in [-0.2, 0) is 9.53 Å². The Morgan fingerprint density at radius 3 is 2.30 bits per heavy atom. The summed E-state index contributed by atoms with van der Waals surface area (Å²) in [7, 11) is 0. The van der Waals surface area contributed by atoms with Crippen LogP contribution in [0, 0.1) is 10.1 Å². The van der Waals surface area contributed by atoms with Gasteiger partial charge < -0.3 is 14.8 Å². The molecule has 0 aliphatic heterocycles. The fraction of sp³-hybridized carbons (Fsp3) is 0.333. The Morgan fingerprint density at radius 1 is 1.30 bits per heavy atom. The number of nitro benzene ring substituents is 1. The molecule has 0 aliphatic rings. The molecule has 0 spiro atoms. The van der Waals surface area contributed by atoms with E-state index in [0.29, 0.717) is 0 Å². The molecular formula is C12H11F3N2O6. The molecule has 0 aliphatic carbocycles. The van der Waals surface area contributed by atoms with Gasteiger partial charge in [-0.3, -0.25) is 14.9 Å². The molecule has 1 unspecified atom stereocenters. The standard InChI is InChI=1S/C12H11F3N2O6/c1-2-9(16-10(18)12(13,14)15)23-11(19)22-8-5-3-7(4-6-8)17(20)21/h3-6,9H,2H2,1H3,(H,16,18). The first-order chi connectivity index (χ1) is 10.6. The van der Waals surface area contributed by atoms with Crippen LogP contribution in [0.3, 0.4) is 0 Å². The molecule has 8 nitrogen and oxygen atoms in total. The molecule has 0 bridgehead atoms. The second-order valence-electron chi connectivity index (χ2n) is 4.09. The fourth-order valence-corrected chi connectivity index (χ4v) is 1.32. The van der Waals surface area contributed by atoms with Gasteiger partial charge in [-0.25, -0.2) is 4.79 Å². The SMILES string of the molecule is CCC(NC(=O)C(F)(F)F)OC(=O)Oc1ccc([N+](=O)[O-])cc1. The summed E-state index contributed by atoms with van der Waals surface area (Å²) in [5.74, 6) is -2.37. The van der Waals surface area contributed by atoms with Gasteiger partial charge in [0.05, 0.1) is 4.92 Å². The van der Waals surface area contributed by atoms with E-state index in [1.807, 2.05) is 0 Å². The van der Waals surface area contributed by atoms with E-state index < -0.39 is 29.4 Å². The molecule has 0 radical (unpaired) electrons. The molecular weight excluding hydrogens is 325 g/mol. The Kier molecular flexibility index (Phi) is 5.87. The van der Waals surface area contributed by atoms with Gasteiger partial charge in [0.2, 0.25) is 0 Å². The Morgan fingerprint density at radius 2 is 1.87 bits per heavy atom. The zero-order valence-corrected chi connectivity index (χ0v) is 11.6. The summed E-state index contributed by atoms with van der Waals surface area (Å²) in [6.07, 6.45) is -8.14. The number of halogens is 3. The Hall–Kier alpha value is -2.85. The highest BCUT2D eigenvalue weighted by Gasteiger charge is 2.40. The summed E-state index contributed by atoms with van der Waals surface area (Å²) in [6, 6.07) is 4.33. The van der Waals surface area contributed by atoms with Crippen LogP contribution < -0.4 is 10.1 Å². The van der Waals surface area contributed by atoms with Crippen LogP contribution in [0.4, 0.5) is 23.7 Å². The van der Waals surface area contributed by atoms with Gasteiger partial charge in [-0.1, -0.05) is 6.92 Å². The quantitative estimate of drug-likeness (QED) is 0.291. The third-order valence-corrected chi connectivity index (χ3v) is 2.41. The lowest BCUT2D eigenvalue weighted by molar-refractivity contribution is -0.384. The number of ether oxygens (including phenoxy) is 2. The molecule has 1 amide bonds. The maximum Gasteiger partial charge on any atom is 0.515 e. The maximum absolute atomic E-state index is 12.1. The van der Waals surface area contributed by atoms with Crippen molar-refractivity contribution in [2.75, 3.05) is 0 Å². The number of carbonyl (C=O) groups excluding carboxylic acids is 2. The molecule has 23 heavy (non-hydrogen) atoms. The Bertz CT molecular complexity index is 587. The number of nitrogens with one attached hydrogen (secondary N) is 1. The lowest BCUT2D eigenvalue weighted by Crippen LogP contribution is -2.45. The van der Waals surface area contributed by atoms with Gasteiger partial charge in [-0.15, -0.1) is 0 Å². The summed E-state index contributed by atoms with van der Waals surface area (Å²) < 4.78 is 45.4. The van der Waals surface area contributed by atoms with Gasteiger partial charge in [-0.2, -0.15) is 13.2 Å². The van der Waals surface area contributed by atoms with Crippen molar-refractivity contribution < 1.29 is 37.2 Å². The lowest BCUT2D eigenvalue weighted by Gasteiger charge is -2.18. The van der Waals surface area contributed by atoms with E-state index in [4.69, 9.17) is 0 Å². The van der Waals surface area contributed by atoms with Crippen molar-refractivity contribution in [2.24, 2.45) is 0 Å². The molecule has 0 saturated heterocycles. The molecule has 1 aromatic rings. The number of benzene rings is 1. The zero-order chi connectivity index (χ0) is 17.6. The molecule has 11 heteroatoms. The molecule has 0 heterocycles. The van der Waals surface area contributed by atoms with E-state index in [1.54, 1.807) is 0 Å². The minimum atomic E-state index is -5.11. The minimum absolute atomic E-state index is 0.113. The lowest BCUT2D eigenvalue weighted by atomic mass is 10.3. The molecule has 1 rings (SSSR count). The number of rotatable bonds is 5. The van der Waals surface area contributed by atoms with Crippen molar-refractivity contribution >= 4 is 17.7 Å². The van der Waals surface area contributed by atoms with Crippen LogP contribution in [0.5, 0.6) is 5.75 Å². The van der Waals surface area contributed by atoms with Crippen molar-refractivity contribution in [2.45, 2.75) is 25.7 Å². The van der Waals surface area contributed by atoms with Crippen LogP contribution in [-0.4, -0.2) is 29.4 Å². The number of nitro groups is 1. The molecule has 1 aromatic carbocycles. The van der Waals surface area contributed by atoms with Gasteiger partial charge in [0.15, 0.2) is 6.23 Å². The predicted molar refractivity (Wildman–Crippen MR) is 68.5 cm³/mol. The van der Waals surface area contributed by atoms with Gasteiger partial charge in [0, 0.05) is 18.6 Å². The van der Waals surface area contributed by atoms with Crippen LogP contribution >= 0.6 is 0 Å². The van der Waals surface area contributed by atoms with Crippen LogP contribution in [0.15, 0.2) is 24.3 Å². The first-order valence-electron chi connectivity index (χ1n) is 6.14. The first-order valence-corrected chi connectivity index (χ1v) is 6.14. The number of amides is 1. The van der Waals surface area contributed by atoms with Gasteiger partial charge in [-0.05, 0) is 12.1 Å². The summed E-state index contributed by atoms with van der Waals surface area (Å²) in [6.45, 7) is 1.38. The highest BCUT2D eigenvalue weighted by Crippen LogP contribution is 2.18. The third-order valence-electron chi connectivity index (χ3n) is 2.41. The minimum Gasteiger partial charge on any atom is -0.410 e. The zero-order valence-electron chi connectivity index (χ0n) is 11.6. The van der Waals surface area contributed by atoms with Crippen molar-refractivity contribution in [1.82, 2.24) is 5.32 Å². The van der Waals surface area contributed by atoms with E-state index in [-0.39, 0.29) is 17.9 Å².